The third-order valence-electron chi connectivity index (χ3n) is 4.16. The number of hydrogen-bond acceptors (Lipinski definition) is 3. The highest BCUT2D eigenvalue weighted by molar-refractivity contribution is 5.97. The molecule has 0 bridgehead atoms. The summed E-state index contributed by atoms with van der Waals surface area (Å²) >= 11 is 0. The molecule has 2 N–H and O–H groups in total. The highest BCUT2D eigenvalue weighted by atomic mass is 19.1. The minimum absolute atomic E-state index is 0.0856. The van der Waals surface area contributed by atoms with Crippen LogP contribution in [0.1, 0.15) is 18.5 Å². The Balaban J connectivity index is 1.84. The molecule has 0 spiro atoms. The van der Waals surface area contributed by atoms with Crippen LogP contribution >= 0.6 is 0 Å². The summed E-state index contributed by atoms with van der Waals surface area (Å²) in [5.74, 6) is -0.469. The number of halogens is 1. The van der Waals surface area contributed by atoms with E-state index in [0.717, 1.165) is 5.56 Å². The number of nitrogens with two attached hydrogens (primary N) is 1. The van der Waals surface area contributed by atoms with Crippen molar-refractivity contribution in [1.82, 2.24) is 0 Å². The number of benzene rings is 2. The van der Waals surface area contributed by atoms with Gasteiger partial charge >= 0.3 is 0 Å². The van der Waals surface area contributed by atoms with E-state index in [1.54, 1.807) is 11.0 Å². The van der Waals surface area contributed by atoms with Gasteiger partial charge in [0, 0.05) is 12.1 Å². The lowest BCUT2D eigenvalue weighted by molar-refractivity contribution is -0.122. The van der Waals surface area contributed by atoms with Crippen molar-refractivity contribution in [2.24, 2.45) is 11.7 Å². The Morgan fingerprint density at radius 3 is 2.74 bits per heavy atom. The van der Waals surface area contributed by atoms with Crippen LogP contribution in [0.2, 0.25) is 0 Å². The highest BCUT2D eigenvalue weighted by Crippen LogP contribution is 2.34. The quantitative estimate of drug-likeness (QED) is 0.948. The molecular formula is C18H19FN2O2. The van der Waals surface area contributed by atoms with Crippen molar-refractivity contribution >= 4 is 11.6 Å². The fourth-order valence-corrected chi connectivity index (χ4v) is 2.79. The van der Waals surface area contributed by atoms with Gasteiger partial charge in [-0.15, -0.1) is 0 Å². The SMILES string of the molecule is CC(C(=O)N1CCOc2cc(F)ccc21)C(N)c1ccccc1. The molecule has 2 aromatic carbocycles. The van der Waals surface area contributed by atoms with Gasteiger partial charge in [0.15, 0.2) is 0 Å². The molecule has 0 fully saturated rings. The zero-order chi connectivity index (χ0) is 16.4. The minimum Gasteiger partial charge on any atom is -0.489 e. The van der Waals surface area contributed by atoms with Crippen LogP contribution in [0.4, 0.5) is 10.1 Å². The first-order valence-electron chi connectivity index (χ1n) is 7.62. The molecule has 4 nitrogen and oxygen atoms in total. The molecule has 2 unspecified atom stereocenters. The number of rotatable bonds is 3. The summed E-state index contributed by atoms with van der Waals surface area (Å²) in [5, 5.41) is 0. The number of anilines is 1. The Morgan fingerprint density at radius 2 is 2.00 bits per heavy atom. The molecule has 0 aromatic heterocycles. The topological polar surface area (TPSA) is 55.6 Å². The van der Waals surface area contributed by atoms with Crippen molar-refractivity contribution in [2.75, 3.05) is 18.1 Å². The van der Waals surface area contributed by atoms with E-state index in [9.17, 15) is 9.18 Å². The van der Waals surface area contributed by atoms with Gasteiger partial charge in [0.05, 0.1) is 18.2 Å². The molecule has 3 rings (SSSR count). The second-order valence-electron chi connectivity index (χ2n) is 5.68. The summed E-state index contributed by atoms with van der Waals surface area (Å²) in [6, 6.07) is 13.4. The van der Waals surface area contributed by atoms with Crippen LogP contribution in [0.15, 0.2) is 48.5 Å². The van der Waals surface area contributed by atoms with Crippen molar-refractivity contribution in [1.29, 1.82) is 0 Å². The predicted octanol–water partition coefficient (Wildman–Crippen LogP) is 2.89. The molecular weight excluding hydrogens is 295 g/mol. The molecule has 1 aliphatic rings. The van der Waals surface area contributed by atoms with Gasteiger partial charge in [-0.05, 0) is 17.7 Å². The molecule has 1 heterocycles. The Kier molecular flexibility index (Phi) is 4.30. The summed E-state index contributed by atoms with van der Waals surface area (Å²) in [5.41, 5.74) is 7.76. The van der Waals surface area contributed by atoms with E-state index < -0.39 is 12.0 Å². The zero-order valence-electron chi connectivity index (χ0n) is 12.9. The fraction of sp³-hybridized carbons (Fsp3) is 0.278. The Hall–Kier alpha value is -2.40. The molecule has 23 heavy (non-hydrogen) atoms. The number of hydrogen-bond donors (Lipinski definition) is 1. The van der Waals surface area contributed by atoms with Crippen molar-refractivity contribution < 1.29 is 13.9 Å². The van der Waals surface area contributed by atoms with Gasteiger partial charge in [0.1, 0.15) is 18.2 Å². The lowest BCUT2D eigenvalue weighted by atomic mass is 9.94. The first kappa shape index (κ1) is 15.5. The second kappa shape index (κ2) is 6.38. The Labute approximate surface area is 134 Å². The first-order chi connectivity index (χ1) is 11.1. The van der Waals surface area contributed by atoms with Crippen LogP contribution in [-0.2, 0) is 4.79 Å². The molecule has 0 aliphatic carbocycles. The van der Waals surface area contributed by atoms with Crippen molar-refractivity contribution in [2.45, 2.75) is 13.0 Å². The van der Waals surface area contributed by atoms with Crippen LogP contribution in [0.5, 0.6) is 5.75 Å². The van der Waals surface area contributed by atoms with Crippen molar-refractivity contribution in [3.63, 3.8) is 0 Å². The number of carbonyl (C=O) groups excluding carboxylic acids is 1. The summed E-state index contributed by atoms with van der Waals surface area (Å²) in [7, 11) is 0. The molecule has 0 saturated heterocycles. The third-order valence-corrected chi connectivity index (χ3v) is 4.16. The van der Waals surface area contributed by atoms with Crippen LogP contribution in [0.25, 0.3) is 0 Å². The highest BCUT2D eigenvalue weighted by Gasteiger charge is 2.31. The van der Waals surface area contributed by atoms with Crippen LogP contribution in [0, 0.1) is 11.7 Å². The average Bonchev–Trinajstić information content (AvgIpc) is 2.59. The van der Waals surface area contributed by atoms with E-state index in [4.69, 9.17) is 10.5 Å². The monoisotopic (exact) mass is 314 g/mol. The number of ether oxygens (including phenoxy) is 1. The fourth-order valence-electron chi connectivity index (χ4n) is 2.79. The average molecular weight is 314 g/mol. The van der Waals surface area contributed by atoms with Crippen LogP contribution in [0.3, 0.4) is 0 Å². The van der Waals surface area contributed by atoms with Gasteiger partial charge < -0.3 is 15.4 Å². The summed E-state index contributed by atoms with van der Waals surface area (Å²) in [6.07, 6.45) is 0. The molecule has 0 radical (unpaired) electrons. The number of fused-ring (bicyclic) bond motifs is 1. The first-order valence-corrected chi connectivity index (χ1v) is 7.62. The van der Waals surface area contributed by atoms with Crippen molar-refractivity contribution in [3.8, 4) is 5.75 Å². The summed E-state index contributed by atoms with van der Waals surface area (Å²) in [6.45, 7) is 2.59. The molecule has 1 amide bonds. The van der Waals surface area contributed by atoms with E-state index >= 15 is 0 Å². The molecule has 1 aliphatic heterocycles. The van der Waals surface area contributed by atoms with Gasteiger partial charge in [-0.25, -0.2) is 4.39 Å². The van der Waals surface area contributed by atoms with Gasteiger partial charge in [-0.2, -0.15) is 0 Å². The van der Waals surface area contributed by atoms with E-state index in [-0.39, 0.29) is 11.7 Å². The van der Waals surface area contributed by atoms with E-state index in [0.29, 0.717) is 24.6 Å². The molecule has 2 aromatic rings. The molecule has 0 saturated carbocycles. The van der Waals surface area contributed by atoms with Crippen LogP contribution in [-0.4, -0.2) is 19.1 Å². The van der Waals surface area contributed by atoms with Gasteiger partial charge in [-0.1, -0.05) is 37.3 Å². The lowest BCUT2D eigenvalue weighted by Crippen LogP contribution is -2.43. The largest absolute Gasteiger partial charge is 0.489 e. The normalized spacial score (nSPS) is 16.2. The lowest BCUT2D eigenvalue weighted by Gasteiger charge is -2.33. The minimum atomic E-state index is -0.395. The molecule has 5 heteroatoms. The Morgan fingerprint density at radius 1 is 1.26 bits per heavy atom. The third kappa shape index (κ3) is 3.05. The Bertz CT molecular complexity index is 705. The summed E-state index contributed by atoms with van der Waals surface area (Å²) < 4.78 is 18.8. The van der Waals surface area contributed by atoms with Gasteiger partial charge in [-0.3, -0.25) is 4.79 Å². The second-order valence-corrected chi connectivity index (χ2v) is 5.68. The maximum Gasteiger partial charge on any atom is 0.231 e. The van der Waals surface area contributed by atoms with E-state index in [1.807, 2.05) is 37.3 Å². The van der Waals surface area contributed by atoms with E-state index in [1.165, 1.54) is 12.1 Å². The number of amides is 1. The van der Waals surface area contributed by atoms with Gasteiger partial charge in [0.2, 0.25) is 5.91 Å². The standard InChI is InChI=1S/C18H19FN2O2/c1-12(17(20)13-5-3-2-4-6-13)18(22)21-9-10-23-16-11-14(19)7-8-15(16)21/h2-8,11-12,17H,9-10,20H2,1H3. The maximum absolute atomic E-state index is 13.3. The molecule has 120 valence electrons. The zero-order valence-corrected chi connectivity index (χ0v) is 12.9. The van der Waals surface area contributed by atoms with Gasteiger partial charge in [0.25, 0.3) is 0 Å². The van der Waals surface area contributed by atoms with Crippen molar-refractivity contribution in [3.05, 3.63) is 59.9 Å². The van der Waals surface area contributed by atoms with Crippen LogP contribution < -0.4 is 15.4 Å². The smallest absolute Gasteiger partial charge is 0.231 e. The predicted molar refractivity (Wildman–Crippen MR) is 86.8 cm³/mol. The number of nitrogens with zero attached hydrogens (tertiary/aromatic N) is 1. The summed E-state index contributed by atoms with van der Waals surface area (Å²) in [4.78, 5) is 14.5. The van der Waals surface area contributed by atoms with E-state index in [2.05, 4.69) is 0 Å². The number of carbonyl (C=O) groups is 1. The molecule has 2 atom stereocenters. The maximum atomic E-state index is 13.3.